The van der Waals surface area contributed by atoms with Gasteiger partial charge in [-0.3, -0.25) is 0 Å². The van der Waals surface area contributed by atoms with Gasteiger partial charge in [0.25, 0.3) is 0 Å². The number of hydrogen-bond donors (Lipinski definition) is 0. The van der Waals surface area contributed by atoms with Crippen LogP contribution in [-0.2, 0) is 20.9 Å². The molecule has 1 atom stereocenters. The van der Waals surface area contributed by atoms with E-state index in [1.807, 2.05) is 36.6 Å². The Labute approximate surface area is 157 Å². The molecule has 0 bridgehead atoms. The summed E-state index contributed by atoms with van der Waals surface area (Å²) >= 11 is 1.60. The highest BCUT2D eigenvalue weighted by atomic mass is 32.1. The summed E-state index contributed by atoms with van der Waals surface area (Å²) in [5.41, 5.74) is 1.73. The maximum Gasteiger partial charge on any atom is 0.330 e. The van der Waals surface area contributed by atoms with Crippen LogP contribution in [0, 0.1) is 6.92 Å². The van der Waals surface area contributed by atoms with Crippen LogP contribution in [0.25, 0.3) is 6.08 Å². The van der Waals surface area contributed by atoms with Gasteiger partial charge in [0.05, 0.1) is 16.8 Å². The number of para-hydroxylation sites is 1. The van der Waals surface area contributed by atoms with Crippen molar-refractivity contribution in [2.75, 3.05) is 13.2 Å². The van der Waals surface area contributed by atoms with E-state index in [2.05, 4.69) is 4.98 Å². The van der Waals surface area contributed by atoms with Crippen LogP contribution < -0.4 is 4.74 Å². The highest BCUT2D eigenvalue weighted by molar-refractivity contribution is 7.09. The van der Waals surface area contributed by atoms with Crippen LogP contribution in [0.3, 0.4) is 0 Å². The molecule has 5 nitrogen and oxygen atoms in total. The molecule has 1 saturated heterocycles. The normalized spacial score (nSPS) is 17.3. The first-order valence-electron chi connectivity index (χ1n) is 8.80. The van der Waals surface area contributed by atoms with Crippen LogP contribution in [0.15, 0.2) is 35.7 Å². The summed E-state index contributed by atoms with van der Waals surface area (Å²) in [6.07, 6.45) is 6.33. The van der Waals surface area contributed by atoms with Gasteiger partial charge >= 0.3 is 5.97 Å². The number of benzene rings is 1. The SMILES string of the molecule is Cc1nc(COc2ccccc2/C=C/C(=O)OCC2CCCCO2)cs1. The van der Waals surface area contributed by atoms with Crippen molar-refractivity contribution in [3.63, 3.8) is 0 Å². The lowest BCUT2D eigenvalue weighted by molar-refractivity contribution is -0.143. The van der Waals surface area contributed by atoms with E-state index in [9.17, 15) is 4.79 Å². The van der Waals surface area contributed by atoms with Gasteiger partial charge in [-0.15, -0.1) is 11.3 Å². The molecule has 1 aliphatic heterocycles. The van der Waals surface area contributed by atoms with E-state index in [4.69, 9.17) is 14.2 Å². The molecule has 0 aliphatic carbocycles. The van der Waals surface area contributed by atoms with Gasteiger partial charge in [0.1, 0.15) is 19.0 Å². The van der Waals surface area contributed by atoms with Gasteiger partial charge in [0.15, 0.2) is 0 Å². The lowest BCUT2D eigenvalue weighted by atomic mass is 10.1. The van der Waals surface area contributed by atoms with E-state index in [0.717, 1.165) is 42.1 Å². The monoisotopic (exact) mass is 373 g/mol. The molecule has 6 heteroatoms. The van der Waals surface area contributed by atoms with Crippen molar-refractivity contribution >= 4 is 23.4 Å². The number of nitrogens with zero attached hydrogens (tertiary/aromatic N) is 1. The molecule has 2 heterocycles. The molecular formula is C20H23NO4S. The predicted molar refractivity (Wildman–Crippen MR) is 101 cm³/mol. The largest absolute Gasteiger partial charge is 0.487 e. The minimum atomic E-state index is -0.371. The van der Waals surface area contributed by atoms with E-state index in [1.54, 1.807) is 17.4 Å². The summed E-state index contributed by atoms with van der Waals surface area (Å²) in [6.45, 7) is 3.43. The average Bonchev–Trinajstić information content (AvgIpc) is 3.10. The fourth-order valence-electron chi connectivity index (χ4n) is 2.70. The van der Waals surface area contributed by atoms with E-state index >= 15 is 0 Å². The van der Waals surface area contributed by atoms with Crippen LogP contribution in [-0.4, -0.2) is 30.3 Å². The van der Waals surface area contributed by atoms with Crippen molar-refractivity contribution in [1.29, 1.82) is 0 Å². The van der Waals surface area contributed by atoms with Crippen molar-refractivity contribution in [2.45, 2.75) is 38.9 Å². The van der Waals surface area contributed by atoms with Crippen molar-refractivity contribution < 1.29 is 19.0 Å². The van der Waals surface area contributed by atoms with Crippen LogP contribution in [0.1, 0.15) is 35.5 Å². The summed E-state index contributed by atoms with van der Waals surface area (Å²) in [5.74, 6) is 0.335. The van der Waals surface area contributed by atoms with Gasteiger partial charge in [0, 0.05) is 23.6 Å². The van der Waals surface area contributed by atoms with Crippen molar-refractivity contribution in [2.24, 2.45) is 0 Å². The summed E-state index contributed by atoms with van der Waals surface area (Å²) in [6, 6.07) is 7.58. The van der Waals surface area contributed by atoms with E-state index in [0.29, 0.717) is 19.0 Å². The molecular weight excluding hydrogens is 350 g/mol. The Morgan fingerprint density at radius 2 is 2.27 bits per heavy atom. The molecule has 2 aromatic rings. The molecule has 138 valence electrons. The van der Waals surface area contributed by atoms with Gasteiger partial charge < -0.3 is 14.2 Å². The topological polar surface area (TPSA) is 57.7 Å². The number of carbonyl (C=O) groups is 1. The summed E-state index contributed by atoms with van der Waals surface area (Å²) in [5, 5.41) is 3.00. The zero-order valence-corrected chi connectivity index (χ0v) is 15.7. The Morgan fingerprint density at radius 1 is 1.38 bits per heavy atom. The first-order valence-corrected chi connectivity index (χ1v) is 9.68. The minimum Gasteiger partial charge on any atom is -0.487 e. The molecule has 0 saturated carbocycles. The second kappa shape index (κ2) is 9.50. The average molecular weight is 373 g/mol. The van der Waals surface area contributed by atoms with Gasteiger partial charge in [-0.25, -0.2) is 9.78 Å². The molecule has 1 aliphatic rings. The van der Waals surface area contributed by atoms with Crippen LogP contribution >= 0.6 is 11.3 Å². The number of aromatic nitrogens is 1. The number of esters is 1. The Balaban J connectivity index is 1.53. The predicted octanol–water partition coefficient (Wildman–Crippen LogP) is 4.16. The zero-order chi connectivity index (χ0) is 18.2. The Morgan fingerprint density at radius 3 is 3.04 bits per heavy atom. The second-order valence-electron chi connectivity index (χ2n) is 6.14. The molecule has 1 unspecified atom stereocenters. The summed E-state index contributed by atoms with van der Waals surface area (Å²) in [4.78, 5) is 16.3. The molecule has 26 heavy (non-hydrogen) atoms. The molecule has 1 fully saturated rings. The second-order valence-corrected chi connectivity index (χ2v) is 7.20. The van der Waals surface area contributed by atoms with E-state index < -0.39 is 0 Å². The molecule has 1 aromatic heterocycles. The lowest BCUT2D eigenvalue weighted by Crippen LogP contribution is -2.25. The van der Waals surface area contributed by atoms with Crippen LogP contribution in [0.2, 0.25) is 0 Å². The molecule has 3 rings (SSSR count). The standard InChI is InChI=1S/C20H23NO4S/c1-15-21-17(14-26-15)12-24-19-8-3-2-6-16(19)9-10-20(22)25-13-18-7-4-5-11-23-18/h2-3,6,8-10,14,18H,4-5,7,11-13H2,1H3/b10-9+. The highest BCUT2D eigenvalue weighted by Crippen LogP contribution is 2.21. The van der Waals surface area contributed by atoms with Gasteiger partial charge in [-0.1, -0.05) is 18.2 Å². The fraction of sp³-hybridized carbons (Fsp3) is 0.400. The Hall–Kier alpha value is -2.18. The zero-order valence-electron chi connectivity index (χ0n) is 14.8. The number of aryl methyl sites for hydroxylation is 1. The molecule has 0 spiro atoms. The van der Waals surface area contributed by atoms with Gasteiger partial charge in [-0.2, -0.15) is 0 Å². The molecule has 1 aromatic carbocycles. The smallest absolute Gasteiger partial charge is 0.330 e. The maximum atomic E-state index is 11.9. The van der Waals surface area contributed by atoms with E-state index in [-0.39, 0.29) is 12.1 Å². The third-order valence-corrected chi connectivity index (χ3v) is 4.87. The number of ether oxygens (including phenoxy) is 3. The maximum absolute atomic E-state index is 11.9. The third-order valence-electron chi connectivity index (χ3n) is 4.05. The van der Waals surface area contributed by atoms with E-state index in [1.165, 1.54) is 6.08 Å². The number of hydrogen-bond acceptors (Lipinski definition) is 6. The van der Waals surface area contributed by atoms with Crippen LogP contribution in [0.4, 0.5) is 0 Å². The van der Waals surface area contributed by atoms with Crippen molar-refractivity contribution in [1.82, 2.24) is 4.98 Å². The summed E-state index contributed by atoms with van der Waals surface area (Å²) in [7, 11) is 0. The fourth-order valence-corrected chi connectivity index (χ4v) is 3.29. The van der Waals surface area contributed by atoms with Crippen LogP contribution in [0.5, 0.6) is 5.75 Å². The van der Waals surface area contributed by atoms with Gasteiger partial charge in [0.2, 0.25) is 0 Å². The first-order chi connectivity index (χ1) is 12.7. The molecule has 0 N–H and O–H groups in total. The number of carbonyl (C=O) groups excluding carboxylic acids is 1. The lowest BCUT2D eigenvalue weighted by Gasteiger charge is -2.21. The molecule has 0 amide bonds. The summed E-state index contributed by atoms with van der Waals surface area (Å²) < 4.78 is 16.7. The minimum absolute atomic E-state index is 0.0262. The van der Waals surface area contributed by atoms with Crippen molar-refractivity contribution in [3.05, 3.63) is 52.0 Å². The molecule has 0 radical (unpaired) electrons. The van der Waals surface area contributed by atoms with Gasteiger partial charge in [-0.05, 0) is 38.3 Å². The quantitative estimate of drug-likeness (QED) is 0.539. The number of rotatable bonds is 7. The number of thiazole rings is 1. The third kappa shape index (κ3) is 5.68. The van der Waals surface area contributed by atoms with Crippen molar-refractivity contribution in [3.8, 4) is 5.75 Å². The Bertz CT molecular complexity index is 750. The first kappa shape index (κ1) is 18.6. The Kier molecular flexibility index (Phi) is 6.80. The highest BCUT2D eigenvalue weighted by Gasteiger charge is 2.15.